The summed E-state index contributed by atoms with van der Waals surface area (Å²) in [7, 11) is 2.02. The van der Waals surface area contributed by atoms with Crippen LogP contribution in [0, 0.1) is 5.41 Å². The molecule has 1 aromatic carbocycles. The number of aliphatic hydroxyl groups is 1. The number of aromatic nitrogens is 2. The van der Waals surface area contributed by atoms with Crippen molar-refractivity contribution in [1.82, 2.24) is 9.97 Å². The van der Waals surface area contributed by atoms with Crippen molar-refractivity contribution in [2.75, 3.05) is 6.61 Å². The maximum atomic E-state index is 11.1. The van der Waals surface area contributed by atoms with Crippen LogP contribution in [0.15, 0.2) is 43.0 Å². The molecule has 0 spiro atoms. The average molecular weight is 284 g/mol. The summed E-state index contributed by atoms with van der Waals surface area (Å²) in [6.45, 7) is 6.06. The van der Waals surface area contributed by atoms with Gasteiger partial charge in [-0.3, -0.25) is 0 Å². The van der Waals surface area contributed by atoms with E-state index < -0.39 is 11.0 Å². The zero-order valence-electron chi connectivity index (χ0n) is 13.0. The van der Waals surface area contributed by atoms with Crippen molar-refractivity contribution in [3.05, 3.63) is 48.5 Å². The van der Waals surface area contributed by atoms with Gasteiger partial charge < -0.3 is 9.84 Å². The molecule has 1 unspecified atom stereocenters. The summed E-state index contributed by atoms with van der Waals surface area (Å²) in [5, 5.41) is 11.1. The molecule has 1 atom stereocenters. The molecule has 2 aromatic rings. The number of rotatable bonds is 4. The maximum Gasteiger partial charge on any atom is 0.139 e. The lowest BCUT2D eigenvalue weighted by atomic mass is 9.73. The molecule has 1 aromatic heterocycles. The van der Waals surface area contributed by atoms with Crippen LogP contribution in [0.25, 0.3) is 0 Å². The van der Waals surface area contributed by atoms with Crippen LogP contribution in [-0.2, 0) is 5.60 Å². The van der Waals surface area contributed by atoms with E-state index in [1.807, 2.05) is 52.9 Å². The van der Waals surface area contributed by atoms with Crippen LogP contribution >= 0.6 is 0 Å². The van der Waals surface area contributed by atoms with Crippen LogP contribution in [0.5, 0.6) is 5.75 Å². The van der Waals surface area contributed by atoms with E-state index in [4.69, 9.17) is 4.74 Å². The molecular formula is C16H21BN2O2. The fourth-order valence-corrected chi connectivity index (χ4v) is 2.07. The van der Waals surface area contributed by atoms with E-state index >= 15 is 0 Å². The van der Waals surface area contributed by atoms with Crippen molar-refractivity contribution >= 4 is 13.3 Å². The van der Waals surface area contributed by atoms with Crippen molar-refractivity contribution in [2.24, 2.45) is 5.41 Å². The van der Waals surface area contributed by atoms with Crippen LogP contribution in [-0.4, -0.2) is 29.5 Å². The Hall–Kier alpha value is -1.88. The molecule has 2 rings (SSSR count). The molecule has 0 radical (unpaired) electrons. The van der Waals surface area contributed by atoms with Crippen molar-refractivity contribution < 1.29 is 9.84 Å². The molecule has 4 nitrogen and oxygen atoms in total. The summed E-state index contributed by atoms with van der Waals surface area (Å²) in [6.07, 6.45) is 4.72. The maximum absolute atomic E-state index is 11.1. The highest BCUT2D eigenvalue weighted by atomic mass is 16.5. The topological polar surface area (TPSA) is 55.2 Å². The summed E-state index contributed by atoms with van der Waals surface area (Å²) >= 11 is 0. The van der Waals surface area contributed by atoms with E-state index in [9.17, 15) is 5.11 Å². The molecule has 0 saturated carbocycles. The Balaban J connectivity index is 2.24. The third-order valence-corrected chi connectivity index (χ3v) is 3.75. The van der Waals surface area contributed by atoms with E-state index in [-0.39, 0.29) is 6.61 Å². The van der Waals surface area contributed by atoms with Gasteiger partial charge in [-0.1, -0.05) is 38.4 Å². The van der Waals surface area contributed by atoms with Crippen LogP contribution in [0.1, 0.15) is 26.3 Å². The summed E-state index contributed by atoms with van der Waals surface area (Å²) in [5.41, 5.74) is 0.246. The molecule has 110 valence electrons. The zero-order valence-corrected chi connectivity index (χ0v) is 13.0. The molecule has 21 heavy (non-hydrogen) atoms. The summed E-state index contributed by atoms with van der Waals surface area (Å²) in [6, 6.07) is 7.77. The van der Waals surface area contributed by atoms with Gasteiger partial charge in [0.25, 0.3) is 0 Å². The van der Waals surface area contributed by atoms with E-state index in [2.05, 4.69) is 9.97 Å². The fourth-order valence-electron chi connectivity index (χ4n) is 2.07. The lowest BCUT2D eigenvalue weighted by molar-refractivity contribution is -0.0949. The minimum Gasteiger partial charge on any atom is -0.490 e. The minimum atomic E-state index is -1.17. The minimum absolute atomic E-state index is 0.146. The summed E-state index contributed by atoms with van der Waals surface area (Å²) in [4.78, 5) is 8.01. The van der Waals surface area contributed by atoms with Crippen molar-refractivity contribution in [3.63, 3.8) is 0 Å². The number of nitrogens with zero attached hydrogens (tertiary/aromatic N) is 2. The first-order chi connectivity index (χ1) is 9.83. The second-order valence-corrected chi connectivity index (χ2v) is 6.34. The third kappa shape index (κ3) is 3.42. The van der Waals surface area contributed by atoms with Crippen LogP contribution < -0.4 is 10.2 Å². The van der Waals surface area contributed by atoms with Crippen molar-refractivity contribution in [3.8, 4) is 5.75 Å². The third-order valence-electron chi connectivity index (χ3n) is 3.75. The van der Waals surface area contributed by atoms with Crippen LogP contribution in [0.3, 0.4) is 0 Å². The van der Waals surface area contributed by atoms with Gasteiger partial charge in [-0.05, 0) is 17.5 Å². The average Bonchev–Trinajstić information content (AvgIpc) is 2.46. The first-order valence-electron chi connectivity index (χ1n) is 7.00. The first-order valence-corrected chi connectivity index (χ1v) is 7.00. The predicted molar refractivity (Wildman–Crippen MR) is 85.5 cm³/mol. The normalized spacial score (nSPS) is 14.5. The van der Waals surface area contributed by atoms with E-state index in [1.165, 1.54) is 11.8 Å². The molecular weight excluding hydrogens is 263 g/mol. The largest absolute Gasteiger partial charge is 0.490 e. The van der Waals surface area contributed by atoms with Gasteiger partial charge in [-0.2, -0.15) is 0 Å². The highest BCUT2D eigenvalue weighted by Gasteiger charge is 2.43. The molecule has 5 heteroatoms. The second-order valence-electron chi connectivity index (χ2n) is 6.34. The molecule has 0 bridgehead atoms. The molecule has 1 N–H and O–H groups in total. The number of hydrogen-bond acceptors (Lipinski definition) is 4. The molecule has 0 aliphatic rings. The van der Waals surface area contributed by atoms with Gasteiger partial charge in [0.1, 0.15) is 32.1 Å². The predicted octanol–water partition coefficient (Wildman–Crippen LogP) is 1.05. The summed E-state index contributed by atoms with van der Waals surface area (Å²) in [5.74, 6) is 0.736. The Kier molecular flexibility index (Phi) is 4.33. The van der Waals surface area contributed by atoms with E-state index in [0.717, 1.165) is 5.75 Å². The van der Waals surface area contributed by atoms with Gasteiger partial charge in [0.05, 0.1) is 0 Å². The standard InChI is InChI=1S/C16H21BN2O2/c1-15(2,3)16(20,12-8-18-11-19-9-12)10-21-14-6-4-13(17)5-7-14/h4-9,11,20H,10,17H2,1-3H3. The van der Waals surface area contributed by atoms with Gasteiger partial charge in [0, 0.05) is 18.0 Å². The van der Waals surface area contributed by atoms with Gasteiger partial charge in [0.2, 0.25) is 0 Å². The van der Waals surface area contributed by atoms with E-state index in [0.29, 0.717) is 5.56 Å². The number of hydrogen-bond donors (Lipinski definition) is 1. The smallest absolute Gasteiger partial charge is 0.139 e. The van der Waals surface area contributed by atoms with Gasteiger partial charge in [-0.25, -0.2) is 9.97 Å². The molecule has 0 fully saturated rings. The quantitative estimate of drug-likeness (QED) is 0.853. The number of ether oxygens (including phenoxy) is 1. The molecule has 0 aliphatic heterocycles. The molecule has 0 saturated heterocycles. The highest BCUT2D eigenvalue weighted by molar-refractivity contribution is 6.32. The van der Waals surface area contributed by atoms with Gasteiger partial charge in [-0.15, -0.1) is 0 Å². The molecule has 0 aliphatic carbocycles. The van der Waals surface area contributed by atoms with Crippen LogP contribution in [0.2, 0.25) is 0 Å². The monoisotopic (exact) mass is 284 g/mol. The Morgan fingerprint density at radius 2 is 1.67 bits per heavy atom. The van der Waals surface area contributed by atoms with E-state index in [1.54, 1.807) is 12.4 Å². The van der Waals surface area contributed by atoms with Crippen molar-refractivity contribution in [1.29, 1.82) is 0 Å². The Morgan fingerprint density at radius 1 is 1.10 bits per heavy atom. The Labute approximate surface area is 126 Å². The Morgan fingerprint density at radius 3 is 2.19 bits per heavy atom. The number of benzene rings is 1. The fraction of sp³-hybridized carbons (Fsp3) is 0.375. The Bertz CT molecular complexity index is 581. The van der Waals surface area contributed by atoms with Gasteiger partial charge >= 0.3 is 0 Å². The van der Waals surface area contributed by atoms with Crippen LogP contribution in [0.4, 0.5) is 0 Å². The zero-order chi connectivity index (χ0) is 15.5. The molecule has 0 amide bonds. The lowest BCUT2D eigenvalue weighted by Gasteiger charge is -2.39. The highest BCUT2D eigenvalue weighted by Crippen LogP contribution is 2.39. The van der Waals surface area contributed by atoms with Gasteiger partial charge in [0.15, 0.2) is 0 Å². The van der Waals surface area contributed by atoms with Crippen molar-refractivity contribution in [2.45, 2.75) is 26.4 Å². The SMILES string of the molecule is Bc1ccc(OCC(O)(c2cncnc2)C(C)(C)C)cc1. The first kappa shape index (κ1) is 15.5. The lowest BCUT2D eigenvalue weighted by Crippen LogP contribution is -2.45. The molecule has 1 heterocycles. The summed E-state index contributed by atoms with van der Waals surface area (Å²) < 4.78 is 5.80. The second kappa shape index (κ2) is 5.86.